The summed E-state index contributed by atoms with van der Waals surface area (Å²) >= 11 is 0. The number of methoxy groups -OCH3 is 1. The summed E-state index contributed by atoms with van der Waals surface area (Å²) in [4.78, 5) is 5.08. The van der Waals surface area contributed by atoms with Gasteiger partial charge in [-0.15, -0.1) is 0 Å². The van der Waals surface area contributed by atoms with Crippen molar-refractivity contribution >= 4 is 0 Å². The van der Waals surface area contributed by atoms with Crippen LogP contribution < -0.4 is 4.74 Å². The lowest BCUT2D eigenvalue weighted by Crippen LogP contribution is -2.46. The van der Waals surface area contributed by atoms with Crippen LogP contribution in [0.5, 0.6) is 5.75 Å². The van der Waals surface area contributed by atoms with Crippen LogP contribution in [0.25, 0.3) is 0 Å². The van der Waals surface area contributed by atoms with Crippen LogP contribution >= 0.6 is 0 Å². The van der Waals surface area contributed by atoms with Crippen LogP contribution in [-0.4, -0.2) is 43.1 Å². The minimum Gasteiger partial charge on any atom is -0.497 e. The normalized spacial score (nSPS) is 20.4. The van der Waals surface area contributed by atoms with E-state index in [2.05, 4.69) is 34.1 Å². The number of piperidine rings is 2. The Balaban J connectivity index is 1.24. The first-order valence-electron chi connectivity index (χ1n) is 10.5. The van der Waals surface area contributed by atoms with Gasteiger partial charge < -0.3 is 4.74 Å². The van der Waals surface area contributed by atoms with Gasteiger partial charge in [-0.05, 0) is 92.7 Å². The fourth-order valence-corrected chi connectivity index (χ4v) is 4.75. The van der Waals surface area contributed by atoms with Crippen molar-refractivity contribution in [3.8, 4) is 5.75 Å². The Morgan fingerprint density at radius 1 is 0.821 bits per heavy atom. The van der Waals surface area contributed by atoms with Crippen molar-refractivity contribution in [1.29, 1.82) is 0 Å². The average Bonchev–Trinajstić information content (AvgIpc) is 2.72. The topological polar surface area (TPSA) is 15.7 Å². The fraction of sp³-hybridized carbons (Fsp3) is 0.500. The van der Waals surface area contributed by atoms with Crippen molar-refractivity contribution in [2.75, 3.05) is 33.3 Å². The maximum atomic E-state index is 13.4. The van der Waals surface area contributed by atoms with Crippen molar-refractivity contribution in [1.82, 2.24) is 9.80 Å². The van der Waals surface area contributed by atoms with E-state index < -0.39 is 0 Å². The summed E-state index contributed by atoms with van der Waals surface area (Å²) in [5.74, 6) is 0.793. The second-order valence-electron chi connectivity index (χ2n) is 8.53. The van der Waals surface area contributed by atoms with Gasteiger partial charge in [0.25, 0.3) is 0 Å². The number of halogens is 1. The van der Waals surface area contributed by atoms with Gasteiger partial charge in [0, 0.05) is 13.1 Å². The van der Waals surface area contributed by atoms with Gasteiger partial charge in [-0.25, -0.2) is 4.39 Å². The highest BCUT2D eigenvalue weighted by atomic mass is 19.1. The molecule has 0 N–H and O–H groups in total. The molecule has 2 aliphatic heterocycles. The summed E-state index contributed by atoms with van der Waals surface area (Å²) in [6, 6.07) is 15.5. The standard InChI is InChI=1S/C24H31FN2O/c1-28-23-7-5-20(6-8-23)18-26-13-9-24(10-14-26)11-15-27(16-12-24)19-21-3-2-4-22(25)17-21/h2-8,17H,9-16,18-19H2,1H3. The zero-order valence-corrected chi connectivity index (χ0v) is 16.9. The second-order valence-corrected chi connectivity index (χ2v) is 8.53. The lowest BCUT2D eigenvalue weighted by Gasteiger charge is -2.47. The van der Waals surface area contributed by atoms with Gasteiger partial charge in [0.1, 0.15) is 11.6 Å². The molecule has 0 unspecified atom stereocenters. The molecule has 0 aromatic heterocycles. The first-order valence-corrected chi connectivity index (χ1v) is 10.5. The Morgan fingerprint density at radius 3 is 1.93 bits per heavy atom. The molecule has 3 nitrogen and oxygen atoms in total. The first kappa shape index (κ1) is 19.4. The van der Waals surface area contributed by atoms with E-state index in [1.54, 1.807) is 13.2 Å². The molecule has 2 aromatic rings. The van der Waals surface area contributed by atoms with E-state index in [0.717, 1.165) is 37.5 Å². The molecule has 4 heteroatoms. The molecular weight excluding hydrogens is 351 g/mol. The number of rotatable bonds is 5. The molecule has 0 amide bonds. The number of nitrogens with zero attached hydrogens (tertiary/aromatic N) is 2. The molecule has 2 aromatic carbocycles. The van der Waals surface area contributed by atoms with Gasteiger partial charge in [-0.1, -0.05) is 24.3 Å². The molecule has 4 rings (SSSR count). The van der Waals surface area contributed by atoms with Crippen molar-refractivity contribution in [2.24, 2.45) is 5.41 Å². The van der Waals surface area contributed by atoms with Gasteiger partial charge in [-0.3, -0.25) is 9.80 Å². The number of hydrogen-bond donors (Lipinski definition) is 0. The Labute approximate surface area is 168 Å². The van der Waals surface area contributed by atoms with Crippen LogP contribution in [0.1, 0.15) is 36.8 Å². The molecule has 0 aliphatic carbocycles. The SMILES string of the molecule is COc1ccc(CN2CCC3(CC2)CCN(Cc2cccc(F)c2)CC3)cc1. The van der Waals surface area contributed by atoms with Crippen LogP contribution in [0.3, 0.4) is 0 Å². The van der Waals surface area contributed by atoms with Crippen LogP contribution in [-0.2, 0) is 13.1 Å². The number of likely N-dealkylation sites (tertiary alicyclic amines) is 2. The summed E-state index contributed by atoms with van der Waals surface area (Å²) in [6.07, 6.45) is 5.16. The van der Waals surface area contributed by atoms with E-state index in [-0.39, 0.29) is 5.82 Å². The predicted molar refractivity (Wildman–Crippen MR) is 111 cm³/mol. The molecule has 2 aliphatic rings. The van der Waals surface area contributed by atoms with E-state index in [0.29, 0.717) is 5.41 Å². The van der Waals surface area contributed by atoms with Gasteiger partial charge in [0.15, 0.2) is 0 Å². The maximum absolute atomic E-state index is 13.4. The quantitative estimate of drug-likeness (QED) is 0.745. The van der Waals surface area contributed by atoms with Gasteiger partial charge in [-0.2, -0.15) is 0 Å². The molecule has 1 spiro atoms. The highest BCUT2D eigenvalue weighted by Gasteiger charge is 2.37. The molecule has 2 saturated heterocycles. The third-order valence-electron chi connectivity index (χ3n) is 6.69. The van der Waals surface area contributed by atoms with E-state index in [9.17, 15) is 4.39 Å². The van der Waals surface area contributed by atoms with E-state index >= 15 is 0 Å². The highest BCUT2D eigenvalue weighted by Crippen LogP contribution is 2.41. The summed E-state index contributed by atoms with van der Waals surface area (Å²) in [5, 5.41) is 0. The predicted octanol–water partition coefficient (Wildman–Crippen LogP) is 4.71. The Morgan fingerprint density at radius 2 is 1.39 bits per heavy atom. The molecule has 0 radical (unpaired) electrons. The maximum Gasteiger partial charge on any atom is 0.123 e. The zero-order chi connectivity index (χ0) is 19.4. The largest absolute Gasteiger partial charge is 0.497 e. The molecule has 0 atom stereocenters. The molecule has 2 heterocycles. The summed E-state index contributed by atoms with van der Waals surface area (Å²) < 4.78 is 18.7. The molecule has 150 valence electrons. The first-order chi connectivity index (χ1) is 13.6. The van der Waals surface area contributed by atoms with Crippen LogP contribution in [0.2, 0.25) is 0 Å². The van der Waals surface area contributed by atoms with Crippen LogP contribution in [0.15, 0.2) is 48.5 Å². The van der Waals surface area contributed by atoms with Crippen LogP contribution in [0.4, 0.5) is 4.39 Å². The van der Waals surface area contributed by atoms with Crippen molar-refractivity contribution in [3.05, 3.63) is 65.5 Å². The molecule has 0 bridgehead atoms. The summed E-state index contributed by atoms with van der Waals surface area (Å²) in [6.45, 7) is 6.55. The smallest absolute Gasteiger partial charge is 0.123 e. The minimum atomic E-state index is -0.129. The van der Waals surface area contributed by atoms with Crippen molar-refractivity contribution in [2.45, 2.75) is 38.8 Å². The van der Waals surface area contributed by atoms with E-state index in [4.69, 9.17) is 4.74 Å². The Hall–Kier alpha value is -1.91. The van der Waals surface area contributed by atoms with Gasteiger partial charge >= 0.3 is 0 Å². The van der Waals surface area contributed by atoms with Crippen molar-refractivity contribution in [3.63, 3.8) is 0 Å². The van der Waals surface area contributed by atoms with E-state index in [1.807, 2.05) is 12.1 Å². The van der Waals surface area contributed by atoms with E-state index in [1.165, 1.54) is 50.4 Å². The second kappa shape index (κ2) is 8.62. The minimum absolute atomic E-state index is 0.129. The van der Waals surface area contributed by atoms with Crippen molar-refractivity contribution < 1.29 is 9.13 Å². The Bertz CT molecular complexity index is 758. The number of hydrogen-bond acceptors (Lipinski definition) is 3. The lowest BCUT2D eigenvalue weighted by molar-refractivity contribution is 0.0299. The van der Waals surface area contributed by atoms with Crippen LogP contribution in [0, 0.1) is 11.2 Å². The third-order valence-corrected chi connectivity index (χ3v) is 6.69. The zero-order valence-electron chi connectivity index (χ0n) is 16.9. The summed E-state index contributed by atoms with van der Waals surface area (Å²) in [7, 11) is 1.71. The number of ether oxygens (including phenoxy) is 1. The average molecular weight is 383 g/mol. The monoisotopic (exact) mass is 382 g/mol. The van der Waals surface area contributed by atoms with Gasteiger partial charge in [0.05, 0.1) is 7.11 Å². The summed E-state index contributed by atoms with van der Waals surface area (Å²) in [5.41, 5.74) is 2.97. The fourth-order valence-electron chi connectivity index (χ4n) is 4.75. The van der Waals surface area contributed by atoms with Gasteiger partial charge in [0.2, 0.25) is 0 Å². The third kappa shape index (κ3) is 4.73. The highest BCUT2D eigenvalue weighted by molar-refractivity contribution is 5.27. The lowest BCUT2D eigenvalue weighted by atomic mass is 9.71. The molecule has 2 fully saturated rings. The molecule has 28 heavy (non-hydrogen) atoms. The molecular formula is C24H31FN2O. The number of benzene rings is 2. The Kier molecular flexibility index (Phi) is 5.98. The molecule has 0 saturated carbocycles.